The number of carboxylic acid groups (broad SMARTS) is 1. The summed E-state index contributed by atoms with van der Waals surface area (Å²) >= 11 is 0. The monoisotopic (exact) mass is 341 g/mol. The van der Waals surface area contributed by atoms with E-state index in [1.54, 1.807) is 12.1 Å². The smallest absolute Gasteiger partial charge is 0.320 e. The fraction of sp³-hybridized carbons (Fsp3) is 0.286. The van der Waals surface area contributed by atoms with E-state index in [1.165, 1.54) is 23.3 Å². The van der Waals surface area contributed by atoms with Crippen LogP contribution >= 0.6 is 0 Å². The van der Waals surface area contributed by atoms with Crippen LogP contribution in [-0.4, -0.2) is 17.1 Å². The number of aliphatic carboxylic acids is 1. The molecular weight excluding hydrogens is 317 g/mol. The first-order chi connectivity index (χ1) is 12.0. The van der Waals surface area contributed by atoms with Gasteiger partial charge in [-0.05, 0) is 59.2 Å². The van der Waals surface area contributed by atoms with Crippen LogP contribution in [0.4, 0.5) is 4.39 Å². The molecule has 0 radical (unpaired) electrons. The molecule has 0 aliphatic carbocycles. The maximum atomic E-state index is 13.3. The topological polar surface area (TPSA) is 63.3 Å². The Bertz CT molecular complexity index is 766. The molecule has 0 fully saturated rings. The van der Waals surface area contributed by atoms with Crippen LogP contribution in [0.5, 0.6) is 0 Å². The van der Waals surface area contributed by atoms with Gasteiger partial charge in [-0.2, -0.15) is 0 Å². The molecule has 0 aromatic heterocycles. The van der Waals surface area contributed by atoms with E-state index < -0.39 is 12.0 Å². The lowest BCUT2D eigenvalue weighted by Gasteiger charge is -2.14. The molecule has 3 N–H and O–H groups in total. The third kappa shape index (κ3) is 4.77. The Labute approximate surface area is 148 Å². The molecule has 0 bridgehead atoms. The van der Waals surface area contributed by atoms with Gasteiger partial charge in [0, 0.05) is 0 Å². The molecule has 25 heavy (non-hydrogen) atoms. The van der Waals surface area contributed by atoms with Gasteiger partial charge in [0.15, 0.2) is 0 Å². The number of benzene rings is 2. The summed E-state index contributed by atoms with van der Waals surface area (Å²) in [5.41, 5.74) is 10.9. The summed E-state index contributed by atoms with van der Waals surface area (Å²) < 4.78 is 13.3. The molecule has 2 rings (SSSR count). The van der Waals surface area contributed by atoms with Gasteiger partial charge in [-0.1, -0.05) is 50.3 Å². The van der Waals surface area contributed by atoms with E-state index in [1.807, 2.05) is 12.1 Å². The first kappa shape index (κ1) is 18.9. The van der Waals surface area contributed by atoms with Crippen LogP contribution < -0.4 is 5.73 Å². The van der Waals surface area contributed by atoms with Gasteiger partial charge in [-0.15, -0.1) is 0 Å². The highest BCUT2D eigenvalue weighted by molar-refractivity contribution is 5.81. The van der Waals surface area contributed by atoms with E-state index in [-0.39, 0.29) is 12.2 Å². The van der Waals surface area contributed by atoms with Crippen LogP contribution in [0.15, 0.2) is 48.5 Å². The summed E-state index contributed by atoms with van der Waals surface area (Å²) in [5, 5.41) is 9.02. The standard InChI is InChI=1S/C21H24FNO2/c1-3-14-5-6-17(13-15(14)4-2)19(11-12-20(23)21(24)25)16-7-9-18(22)10-8-16/h5-11,13,20H,3-4,12,23H2,1-2H3,(H,24,25). The zero-order valence-electron chi connectivity index (χ0n) is 14.6. The Hall–Kier alpha value is -2.46. The normalized spacial score (nSPS) is 12.9. The Morgan fingerprint density at radius 1 is 1.08 bits per heavy atom. The van der Waals surface area contributed by atoms with E-state index in [0.29, 0.717) is 0 Å². The molecule has 0 spiro atoms. The van der Waals surface area contributed by atoms with Crippen molar-refractivity contribution in [2.24, 2.45) is 5.73 Å². The summed E-state index contributed by atoms with van der Waals surface area (Å²) in [6.45, 7) is 4.23. The Morgan fingerprint density at radius 2 is 1.68 bits per heavy atom. The van der Waals surface area contributed by atoms with Crippen molar-refractivity contribution in [3.8, 4) is 0 Å². The quantitative estimate of drug-likeness (QED) is 0.794. The van der Waals surface area contributed by atoms with Crippen molar-refractivity contribution in [2.75, 3.05) is 0 Å². The van der Waals surface area contributed by atoms with Crippen molar-refractivity contribution in [1.82, 2.24) is 0 Å². The van der Waals surface area contributed by atoms with E-state index in [4.69, 9.17) is 10.8 Å². The van der Waals surface area contributed by atoms with Gasteiger partial charge in [0.05, 0.1) is 0 Å². The maximum absolute atomic E-state index is 13.3. The van der Waals surface area contributed by atoms with Crippen LogP contribution in [0.3, 0.4) is 0 Å². The molecule has 1 atom stereocenters. The Morgan fingerprint density at radius 3 is 2.24 bits per heavy atom. The summed E-state index contributed by atoms with van der Waals surface area (Å²) in [6, 6.07) is 11.5. The Balaban J connectivity index is 2.49. The lowest BCUT2D eigenvalue weighted by Crippen LogP contribution is -2.29. The van der Waals surface area contributed by atoms with Gasteiger partial charge in [0.2, 0.25) is 0 Å². The molecule has 0 aliphatic heterocycles. The van der Waals surface area contributed by atoms with Crippen molar-refractivity contribution in [1.29, 1.82) is 0 Å². The summed E-state index contributed by atoms with van der Waals surface area (Å²) in [6.07, 6.45) is 3.91. The largest absolute Gasteiger partial charge is 0.480 e. The first-order valence-electron chi connectivity index (χ1n) is 8.52. The average Bonchev–Trinajstić information content (AvgIpc) is 2.62. The van der Waals surface area contributed by atoms with E-state index in [0.717, 1.165) is 29.5 Å². The van der Waals surface area contributed by atoms with Crippen LogP contribution in [0.25, 0.3) is 5.57 Å². The first-order valence-corrected chi connectivity index (χ1v) is 8.52. The minimum absolute atomic E-state index is 0.207. The number of carboxylic acids is 1. The predicted molar refractivity (Wildman–Crippen MR) is 98.9 cm³/mol. The fourth-order valence-corrected chi connectivity index (χ4v) is 2.84. The van der Waals surface area contributed by atoms with Gasteiger partial charge in [-0.3, -0.25) is 4.79 Å². The van der Waals surface area contributed by atoms with Gasteiger partial charge in [0.25, 0.3) is 0 Å². The van der Waals surface area contributed by atoms with E-state index >= 15 is 0 Å². The lowest BCUT2D eigenvalue weighted by atomic mass is 9.92. The number of carbonyl (C=O) groups is 1. The summed E-state index contributed by atoms with van der Waals surface area (Å²) in [5.74, 6) is -1.34. The molecule has 1 unspecified atom stereocenters. The lowest BCUT2D eigenvalue weighted by molar-refractivity contribution is -0.138. The van der Waals surface area contributed by atoms with Crippen molar-refractivity contribution < 1.29 is 14.3 Å². The number of halogens is 1. The van der Waals surface area contributed by atoms with Crippen molar-refractivity contribution in [3.63, 3.8) is 0 Å². The molecule has 0 saturated heterocycles. The van der Waals surface area contributed by atoms with Crippen LogP contribution in [0.1, 0.15) is 42.5 Å². The second kappa shape index (κ2) is 8.58. The molecule has 3 nitrogen and oxygen atoms in total. The van der Waals surface area contributed by atoms with Crippen molar-refractivity contribution >= 4 is 11.5 Å². The van der Waals surface area contributed by atoms with Crippen LogP contribution in [-0.2, 0) is 17.6 Å². The van der Waals surface area contributed by atoms with Gasteiger partial charge in [0.1, 0.15) is 11.9 Å². The molecular formula is C21H24FNO2. The highest BCUT2D eigenvalue weighted by Gasteiger charge is 2.13. The molecule has 0 aliphatic rings. The summed E-state index contributed by atoms with van der Waals surface area (Å²) in [4.78, 5) is 11.0. The minimum Gasteiger partial charge on any atom is -0.480 e. The number of rotatable bonds is 7. The fourth-order valence-electron chi connectivity index (χ4n) is 2.84. The van der Waals surface area contributed by atoms with Gasteiger partial charge in [-0.25, -0.2) is 4.39 Å². The van der Waals surface area contributed by atoms with Gasteiger partial charge < -0.3 is 10.8 Å². The predicted octanol–water partition coefficient (Wildman–Crippen LogP) is 4.18. The Kier molecular flexibility index (Phi) is 6.48. The van der Waals surface area contributed by atoms with E-state index in [9.17, 15) is 9.18 Å². The molecule has 0 heterocycles. The SMILES string of the molecule is CCc1ccc(C(=CCC(N)C(=O)O)c2ccc(F)cc2)cc1CC. The zero-order chi connectivity index (χ0) is 18.4. The molecule has 0 saturated carbocycles. The van der Waals surface area contributed by atoms with Crippen molar-refractivity contribution in [2.45, 2.75) is 39.2 Å². The molecule has 2 aromatic carbocycles. The van der Waals surface area contributed by atoms with Crippen LogP contribution in [0, 0.1) is 5.82 Å². The number of hydrogen-bond acceptors (Lipinski definition) is 2. The minimum atomic E-state index is -1.04. The third-order valence-corrected chi connectivity index (χ3v) is 4.33. The highest BCUT2D eigenvalue weighted by atomic mass is 19.1. The zero-order valence-corrected chi connectivity index (χ0v) is 14.6. The molecule has 0 amide bonds. The second-order valence-corrected chi connectivity index (χ2v) is 6.00. The molecule has 4 heteroatoms. The maximum Gasteiger partial charge on any atom is 0.320 e. The van der Waals surface area contributed by atoms with Crippen molar-refractivity contribution in [3.05, 3.63) is 76.6 Å². The van der Waals surface area contributed by atoms with Gasteiger partial charge >= 0.3 is 5.97 Å². The number of hydrogen-bond donors (Lipinski definition) is 2. The third-order valence-electron chi connectivity index (χ3n) is 4.33. The summed E-state index contributed by atoms with van der Waals surface area (Å²) in [7, 11) is 0. The highest BCUT2D eigenvalue weighted by Crippen LogP contribution is 2.27. The molecule has 2 aromatic rings. The second-order valence-electron chi connectivity index (χ2n) is 6.00. The number of aryl methyl sites for hydroxylation is 2. The van der Waals surface area contributed by atoms with E-state index in [2.05, 4.69) is 26.0 Å². The molecule has 132 valence electrons. The average molecular weight is 341 g/mol. The number of nitrogens with two attached hydrogens (primary N) is 1. The van der Waals surface area contributed by atoms with Crippen LogP contribution in [0.2, 0.25) is 0 Å².